The molecule has 182 valence electrons. The second kappa shape index (κ2) is 10.9. The zero-order valence-corrected chi connectivity index (χ0v) is 21.3. The summed E-state index contributed by atoms with van der Waals surface area (Å²) >= 11 is 1.50. The minimum atomic E-state index is -3.53. The van der Waals surface area contributed by atoms with E-state index >= 15 is 0 Å². The smallest absolute Gasteiger partial charge is 0.229 e. The number of thiazole rings is 1. The molecule has 0 bridgehead atoms. The molecule has 2 heterocycles. The number of sulfone groups is 1. The standard InChI is InChI=1S/C25H31N3O4S2/c1-19-9-10-20(2)24-23(19)26-25(33-24)28(13-6-12-27-14-16-32-17-15-27)22(29)11-18-34(30,31)21-7-4-3-5-8-21/h3-5,7-10H,6,11-18H2,1-2H3. The van der Waals surface area contributed by atoms with Gasteiger partial charge in [-0.2, -0.15) is 0 Å². The molecule has 2 aromatic carbocycles. The Kier molecular flexibility index (Phi) is 7.98. The molecular weight excluding hydrogens is 470 g/mol. The monoisotopic (exact) mass is 501 g/mol. The van der Waals surface area contributed by atoms with Gasteiger partial charge in [0.2, 0.25) is 5.91 Å². The van der Waals surface area contributed by atoms with Gasteiger partial charge in [0.15, 0.2) is 15.0 Å². The highest BCUT2D eigenvalue weighted by molar-refractivity contribution is 7.91. The van der Waals surface area contributed by atoms with Gasteiger partial charge in [-0.3, -0.25) is 14.6 Å². The summed E-state index contributed by atoms with van der Waals surface area (Å²) in [6.07, 6.45) is 0.702. The molecule has 34 heavy (non-hydrogen) atoms. The number of fused-ring (bicyclic) bond motifs is 1. The first kappa shape index (κ1) is 24.8. The lowest BCUT2D eigenvalue weighted by Gasteiger charge is -2.27. The van der Waals surface area contributed by atoms with Crippen molar-refractivity contribution in [2.45, 2.75) is 31.6 Å². The number of aromatic nitrogens is 1. The van der Waals surface area contributed by atoms with E-state index in [9.17, 15) is 13.2 Å². The lowest BCUT2D eigenvalue weighted by atomic mass is 10.1. The van der Waals surface area contributed by atoms with Crippen LogP contribution in [0.5, 0.6) is 0 Å². The van der Waals surface area contributed by atoms with E-state index in [4.69, 9.17) is 9.72 Å². The number of hydrogen-bond donors (Lipinski definition) is 0. The Bertz CT molecular complexity index is 1200. The van der Waals surface area contributed by atoms with E-state index in [-0.39, 0.29) is 23.0 Å². The molecule has 0 unspecified atom stereocenters. The largest absolute Gasteiger partial charge is 0.379 e. The fourth-order valence-corrected chi connectivity index (χ4v) is 6.48. The van der Waals surface area contributed by atoms with Gasteiger partial charge in [-0.1, -0.05) is 41.7 Å². The van der Waals surface area contributed by atoms with Crippen LogP contribution in [0.1, 0.15) is 24.0 Å². The van der Waals surface area contributed by atoms with Gasteiger partial charge in [0, 0.05) is 32.6 Å². The highest BCUT2D eigenvalue weighted by Gasteiger charge is 2.24. The summed E-state index contributed by atoms with van der Waals surface area (Å²) in [6, 6.07) is 12.4. The van der Waals surface area contributed by atoms with E-state index in [1.165, 1.54) is 11.3 Å². The Morgan fingerprint density at radius 3 is 2.50 bits per heavy atom. The molecular formula is C25H31N3O4S2. The number of rotatable bonds is 9. The first-order chi connectivity index (χ1) is 16.3. The molecule has 0 spiro atoms. The molecule has 1 amide bonds. The van der Waals surface area contributed by atoms with E-state index in [1.54, 1.807) is 35.2 Å². The van der Waals surface area contributed by atoms with Crippen LogP contribution < -0.4 is 4.90 Å². The summed E-state index contributed by atoms with van der Waals surface area (Å²) in [5.41, 5.74) is 3.09. The lowest BCUT2D eigenvalue weighted by molar-refractivity contribution is -0.118. The van der Waals surface area contributed by atoms with Crippen LogP contribution in [0.25, 0.3) is 10.2 Å². The molecule has 0 saturated carbocycles. The van der Waals surface area contributed by atoms with Crippen molar-refractivity contribution in [3.05, 3.63) is 53.6 Å². The number of nitrogens with zero attached hydrogens (tertiary/aromatic N) is 3. The van der Waals surface area contributed by atoms with Crippen LogP contribution >= 0.6 is 11.3 Å². The quantitative estimate of drug-likeness (QED) is 0.443. The van der Waals surface area contributed by atoms with Crippen molar-refractivity contribution in [2.24, 2.45) is 0 Å². The zero-order valence-electron chi connectivity index (χ0n) is 19.7. The fraction of sp³-hybridized carbons (Fsp3) is 0.440. The van der Waals surface area contributed by atoms with Crippen molar-refractivity contribution in [3.63, 3.8) is 0 Å². The van der Waals surface area contributed by atoms with Crippen molar-refractivity contribution >= 4 is 42.4 Å². The molecule has 0 aliphatic carbocycles. The molecule has 3 aromatic rings. The Morgan fingerprint density at radius 2 is 1.79 bits per heavy atom. The summed E-state index contributed by atoms with van der Waals surface area (Å²) in [7, 11) is -3.53. The van der Waals surface area contributed by atoms with Gasteiger partial charge >= 0.3 is 0 Å². The highest BCUT2D eigenvalue weighted by Crippen LogP contribution is 2.33. The number of anilines is 1. The van der Waals surface area contributed by atoms with E-state index in [0.29, 0.717) is 11.7 Å². The van der Waals surface area contributed by atoms with Gasteiger partial charge in [-0.25, -0.2) is 13.4 Å². The summed E-state index contributed by atoms with van der Waals surface area (Å²) in [5, 5.41) is 0.636. The Balaban J connectivity index is 1.52. The predicted molar refractivity (Wildman–Crippen MR) is 136 cm³/mol. The maximum Gasteiger partial charge on any atom is 0.229 e. The van der Waals surface area contributed by atoms with Gasteiger partial charge < -0.3 is 4.74 Å². The molecule has 1 fully saturated rings. The highest BCUT2D eigenvalue weighted by atomic mass is 32.2. The number of carbonyl (C=O) groups excluding carboxylic acids is 1. The number of amides is 1. The summed E-state index contributed by atoms with van der Waals surface area (Å²) < 4.78 is 32.0. The van der Waals surface area contributed by atoms with Crippen molar-refractivity contribution in [1.82, 2.24) is 9.88 Å². The molecule has 9 heteroatoms. The number of hydrogen-bond acceptors (Lipinski definition) is 7. The third-order valence-electron chi connectivity index (χ3n) is 6.11. The van der Waals surface area contributed by atoms with Crippen LogP contribution in [0.3, 0.4) is 0 Å². The minimum Gasteiger partial charge on any atom is -0.379 e. The van der Waals surface area contributed by atoms with Gasteiger partial charge in [0.05, 0.1) is 34.1 Å². The van der Waals surface area contributed by atoms with E-state index < -0.39 is 9.84 Å². The molecule has 7 nitrogen and oxygen atoms in total. The second-order valence-electron chi connectivity index (χ2n) is 8.61. The van der Waals surface area contributed by atoms with Crippen molar-refractivity contribution in [1.29, 1.82) is 0 Å². The van der Waals surface area contributed by atoms with Gasteiger partial charge in [-0.05, 0) is 43.5 Å². The third kappa shape index (κ3) is 5.83. The SMILES string of the molecule is Cc1ccc(C)c2sc(N(CCCN3CCOCC3)C(=O)CCS(=O)(=O)c3ccccc3)nc12. The summed E-state index contributed by atoms with van der Waals surface area (Å²) in [4.78, 5) is 22.4. The lowest BCUT2D eigenvalue weighted by Crippen LogP contribution is -2.39. The van der Waals surface area contributed by atoms with Gasteiger partial charge in [0.25, 0.3) is 0 Å². The maximum absolute atomic E-state index is 13.3. The molecule has 1 aliphatic rings. The summed E-state index contributed by atoms with van der Waals surface area (Å²) in [5.74, 6) is -0.436. The Morgan fingerprint density at radius 1 is 1.09 bits per heavy atom. The average molecular weight is 502 g/mol. The van der Waals surface area contributed by atoms with Crippen molar-refractivity contribution in [2.75, 3.05) is 50.0 Å². The first-order valence-corrected chi connectivity index (χ1v) is 14.1. The van der Waals surface area contributed by atoms with Crippen LogP contribution in [0.15, 0.2) is 47.4 Å². The fourth-order valence-electron chi connectivity index (χ4n) is 4.07. The predicted octanol–water partition coefficient (Wildman–Crippen LogP) is 3.83. The number of benzene rings is 2. The molecule has 1 aromatic heterocycles. The summed E-state index contributed by atoms with van der Waals surface area (Å²) in [6.45, 7) is 8.67. The zero-order chi connectivity index (χ0) is 24.1. The van der Waals surface area contributed by atoms with E-state index in [2.05, 4.69) is 11.0 Å². The molecule has 1 aliphatic heterocycles. The number of morpholine rings is 1. The minimum absolute atomic E-state index is 0.0807. The maximum atomic E-state index is 13.3. The third-order valence-corrected chi connectivity index (χ3v) is 9.06. The molecule has 0 radical (unpaired) electrons. The van der Waals surface area contributed by atoms with E-state index in [0.717, 1.165) is 60.6 Å². The first-order valence-electron chi connectivity index (χ1n) is 11.6. The van der Waals surface area contributed by atoms with Crippen LogP contribution in [-0.2, 0) is 19.4 Å². The van der Waals surface area contributed by atoms with Crippen LogP contribution in [0.2, 0.25) is 0 Å². The average Bonchev–Trinajstić information content (AvgIpc) is 3.30. The van der Waals surface area contributed by atoms with Gasteiger partial charge in [-0.15, -0.1) is 0 Å². The number of carbonyl (C=O) groups is 1. The topological polar surface area (TPSA) is 79.8 Å². The van der Waals surface area contributed by atoms with Crippen LogP contribution in [-0.4, -0.2) is 69.4 Å². The Hall–Kier alpha value is -2.33. The Labute approximate surface area is 205 Å². The van der Waals surface area contributed by atoms with Crippen molar-refractivity contribution in [3.8, 4) is 0 Å². The second-order valence-corrected chi connectivity index (χ2v) is 11.7. The van der Waals surface area contributed by atoms with Crippen molar-refractivity contribution < 1.29 is 17.9 Å². The number of ether oxygens (including phenoxy) is 1. The van der Waals surface area contributed by atoms with Gasteiger partial charge in [0.1, 0.15) is 0 Å². The van der Waals surface area contributed by atoms with Crippen LogP contribution in [0.4, 0.5) is 5.13 Å². The molecule has 0 N–H and O–H groups in total. The molecule has 0 atom stereocenters. The number of aryl methyl sites for hydroxylation is 2. The van der Waals surface area contributed by atoms with Crippen LogP contribution in [0, 0.1) is 13.8 Å². The molecule has 4 rings (SSSR count). The molecule has 1 saturated heterocycles. The van der Waals surface area contributed by atoms with E-state index in [1.807, 2.05) is 19.9 Å². The normalized spacial score (nSPS) is 15.0.